The molecule has 0 aliphatic carbocycles. The molecule has 1 aliphatic heterocycles. The van der Waals surface area contributed by atoms with Crippen molar-refractivity contribution in [2.75, 3.05) is 7.05 Å². The van der Waals surface area contributed by atoms with E-state index in [4.69, 9.17) is 16.3 Å². The summed E-state index contributed by atoms with van der Waals surface area (Å²) in [7, 11) is 1.83. The molecule has 0 N–H and O–H groups in total. The summed E-state index contributed by atoms with van der Waals surface area (Å²) in [4.78, 5) is 16.1. The van der Waals surface area contributed by atoms with E-state index < -0.39 is 0 Å². The van der Waals surface area contributed by atoms with Crippen LogP contribution < -0.4 is 4.74 Å². The average molecular weight is 370 g/mol. The molecule has 0 radical (unpaired) electrons. The minimum atomic E-state index is -0.360. The second kappa shape index (κ2) is 6.54. The van der Waals surface area contributed by atoms with Crippen molar-refractivity contribution in [2.24, 2.45) is 0 Å². The van der Waals surface area contributed by atoms with Gasteiger partial charge in [0, 0.05) is 23.1 Å². The number of carbonyl (C=O) groups is 1. The molecule has 1 aliphatic rings. The number of amides is 1. The van der Waals surface area contributed by atoms with Crippen molar-refractivity contribution < 1.29 is 9.53 Å². The Morgan fingerprint density at radius 1 is 1.04 bits per heavy atom. The molecule has 0 spiro atoms. The largest absolute Gasteiger partial charge is 0.457 e. The number of halogens is 1. The number of fused-ring (bicyclic) bond motifs is 2. The molecule has 5 heteroatoms. The number of thiophene rings is 1. The summed E-state index contributed by atoms with van der Waals surface area (Å²) in [5.74, 6) is 1.17. The smallest absolute Gasteiger partial charge is 0.234 e. The third kappa shape index (κ3) is 3.03. The molecule has 0 saturated heterocycles. The highest BCUT2D eigenvalue weighted by Crippen LogP contribution is 2.44. The molecular formula is C20H16ClNO2S. The lowest BCUT2D eigenvalue weighted by Gasteiger charge is -2.30. The van der Waals surface area contributed by atoms with E-state index in [0.29, 0.717) is 6.54 Å². The Balaban J connectivity index is 1.70. The normalized spacial score (nSPS) is 12.9. The van der Waals surface area contributed by atoms with Crippen molar-refractivity contribution in [1.82, 2.24) is 4.90 Å². The predicted molar refractivity (Wildman–Crippen MR) is 101 cm³/mol. The third-order valence-electron chi connectivity index (χ3n) is 4.32. The van der Waals surface area contributed by atoms with Gasteiger partial charge in [-0.15, -0.1) is 11.3 Å². The number of carbonyl (C=O) groups excluding carboxylic acids is 1. The quantitative estimate of drug-likeness (QED) is 0.627. The van der Waals surface area contributed by atoms with E-state index in [1.54, 1.807) is 4.90 Å². The van der Waals surface area contributed by atoms with Crippen LogP contribution in [0.4, 0.5) is 0 Å². The summed E-state index contributed by atoms with van der Waals surface area (Å²) >= 11 is 7.50. The number of rotatable bonds is 3. The first-order valence-electron chi connectivity index (χ1n) is 7.98. The Hall–Kier alpha value is -2.30. The highest BCUT2D eigenvalue weighted by molar-refractivity contribution is 7.16. The molecule has 0 saturated carbocycles. The zero-order chi connectivity index (χ0) is 17.4. The molecule has 25 heavy (non-hydrogen) atoms. The summed E-state index contributed by atoms with van der Waals surface area (Å²) in [6.07, 6.45) is 0. The Bertz CT molecular complexity index is 891. The van der Waals surface area contributed by atoms with Crippen LogP contribution in [0.3, 0.4) is 0 Å². The first-order chi connectivity index (χ1) is 12.1. The Morgan fingerprint density at radius 2 is 1.64 bits per heavy atom. The summed E-state index contributed by atoms with van der Waals surface area (Å²) in [5.41, 5.74) is 1.81. The minimum Gasteiger partial charge on any atom is -0.457 e. The van der Waals surface area contributed by atoms with E-state index in [9.17, 15) is 4.79 Å². The van der Waals surface area contributed by atoms with Gasteiger partial charge in [-0.2, -0.15) is 0 Å². The van der Waals surface area contributed by atoms with Gasteiger partial charge in [-0.1, -0.05) is 48.0 Å². The van der Waals surface area contributed by atoms with Crippen LogP contribution >= 0.6 is 22.9 Å². The Kier molecular flexibility index (Phi) is 4.24. The molecule has 1 amide bonds. The molecule has 2 heterocycles. The van der Waals surface area contributed by atoms with Gasteiger partial charge in [-0.05, 0) is 24.3 Å². The minimum absolute atomic E-state index is 0.0488. The van der Waals surface area contributed by atoms with Crippen LogP contribution in [0.25, 0.3) is 0 Å². The maximum Gasteiger partial charge on any atom is 0.234 e. The number of hydrogen-bond acceptors (Lipinski definition) is 3. The summed E-state index contributed by atoms with van der Waals surface area (Å²) in [5, 5.41) is 0. The fraction of sp³-hybridized carbons (Fsp3) is 0.150. The fourth-order valence-corrected chi connectivity index (χ4v) is 4.29. The van der Waals surface area contributed by atoms with Gasteiger partial charge in [0.2, 0.25) is 5.91 Å². The highest BCUT2D eigenvalue weighted by atomic mass is 35.5. The van der Waals surface area contributed by atoms with Gasteiger partial charge in [0.15, 0.2) is 0 Å². The van der Waals surface area contributed by atoms with Crippen LogP contribution in [-0.4, -0.2) is 17.9 Å². The Labute approximate surface area is 155 Å². The van der Waals surface area contributed by atoms with E-state index in [0.717, 1.165) is 31.8 Å². The van der Waals surface area contributed by atoms with Gasteiger partial charge in [0.25, 0.3) is 0 Å². The number of hydrogen-bond donors (Lipinski definition) is 0. The van der Waals surface area contributed by atoms with Crippen LogP contribution in [0.2, 0.25) is 4.34 Å². The van der Waals surface area contributed by atoms with Gasteiger partial charge in [0.05, 0.1) is 16.8 Å². The van der Waals surface area contributed by atoms with Crippen LogP contribution in [0.15, 0.2) is 60.7 Å². The molecule has 126 valence electrons. The zero-order valence-corrected chi connectivity index (χ0v) is 15.2. The first kappa shape index (κ1) is 16.2. The summed E-state index contributed by atoms with van der Waals surface area (Å²) in [6.45, 7) is 0.540. The molecular weight excluding hydrogens is 354 g/mol. The van der Waals surface area contributed by atoms with Gasteiger partial charge in [-0.3, -0.25) is 4.79 Å². The van der Waals surface area contributed by atoms with Gasteiger partial charge < -0.3 is 9.64 Å². The molecule has 0 unspecified atom stereocenters. The van der Waals surface area contributed by atoms with Crippen LogP contribution in [-0.2, 0) is 11.3 Å². The summed E-state index contributed by atoms with van der Waals surface area (Å²) in [6, 6.07) is 19.3. The van der Waals surface area contributed by atoms with Crippen LogP contribution in [0.1, 0.15) is 21.9 Å². The van der Waals surface area contributed by atoms with Crippen molar-refractivity contribution in [3.63, 3.8) is 0 Å². The lowest BCUT2D eigenvalue weighted by molar-refractivity contribution is -0.131. The van der Waals surface area contributed by atoms with Gasteiger partial charge in [-0.25, -0.2) is 0 Å². The van der Waals surface area contributed by atoms with Crippen molar-refractivity contribution >= 4 is 28.8 Å². The number of nitrogens with zero attached hydrogens (tertiary/aromatic N) is 1. The van der Waals surface area contributed by atoms with E-state index in [-0.39, 0.29) is 11.8 Å². The molecule has 4 rings (SSSR count). The predicted octanol–water partition coefficient (Wildman–Crippen LogP) is 5.30. The lowest BCUT2D eigenvalue weighted by Crippen LogP contribution is -2.33. The number of ether oxygens (including phenoxy) is 1. The monoisotopic (exact) mass is 369 g/mol. The maximum absolute atomic E-state index is 13.3. The SMILES string of the molecule is CN(Cc1ccc(Cl)s1)C(=O)C1c2ccccc2Oc2ccccc21. The standard InChI is InChI=1S/C20H16ClNO2S/c1-22(12-13-10-11-18(21)25-13)20(23)19-14-6-2-4-8-16(14)24-17-9-5-3-7-15(17)19/h2-11,19H,12H2,1H3. The van der Waals surface area contributed by atoms with Crippen molar-refractivity contribution in [3.05, 3.63) is 81.0 Å². The molecule has 2 aromatic carbocycles. The second-order valence-electron chi connectivity index (χ2n) is 6.01. The highest BCUT2D eigenvalue weighted by Gasteiger charge is 2.34. The molecule has 0 bridgehead atoms. The van der Waals surface area contributed by atoms with E-state index in [2.05, 4.69) is 0 Å². The zero-order valence-electron chi connectivity index (χ0n) is 13.6. The maximum atomic E-state index is 13.3. The van der Waals surface area contributed by atoms with E-state index >= 15 is 0 Å². The van der Waals surface area contributed by atoms with Gasteiger partial charge >= 0.3 is 0 Å². The van der Waals surface area contributed by atoms with E-state index in [1.165, 1.54) is 11.3 Å². The second-order valence-corrected chi connectivity index (χ2v) is 7.81. The van der Waals surface area contributed by atoms with Crippen molar-refractivity contribution in [2.45, 2.75) is 12.5 Å². The van der Waals surface area contributed by atoms with Gasteiger partial charge in [0.1, 0.15) is 11.5 Å². The number of para-hydroxylation sites is 2. The molecule has 1 aromatic heterocycles. The molecule has 3 aromatic rings. The number of benzene rings is 2. The lowest BCUT2D eigenvalue weighted by atomic mass is 9.87. The van der Waals surface area contributed by atoms with Crippen molar-refractivity contribution in [3.8, 4) is 11.5 Å². The van der Waals surface area contributed by atoms with Crippen LogP contribution in [0.5, 0.6) is 11.5 Å². The van der Waals surface area contributed by atoms with Crippen molar-refractivity contribution in [1.29, 1.82) is 0 Å². The topological polar surface area (TPSA) is 29.5 Å². The molecule has 0 atom stereocenters. The Morgan fingerprint density at radius 3 is 2.20 bits per heavy atom. The number of likely N-dealkylation sites (N-methyl/N-ethyl adjacent to an activating group) is 1. The average Bonchev–Trinajstić information content (AvgIpc) is 3.03. The third-order valence-corrected chi connectivity index (χ3v) is 5.54. The summed E-state index contributed by atoms with van der Waals surface area (Å²) < 4.78 is 6.71. The fourth-order valence-electron chi connectivity index (χ4n) is 3.14. The molecule has 3 nitrogen and oxygen atoms in total. The molecule has 0 fully saturated rings. The van der Waals surface area contributed by atoms with Crippen LogP contribution in [0, 0.1) is 0 Å². The van der Waals surface area contributed by atoms with E-state index in [1.807, 2.05) is 67.7 Å². The first-order valence-corrected chi connectivity index (χ1v) is 9.18.